The molecule has 0 aliphatic heterocycles. The van der Waals surface area contributed by atoms with Gasteiger partial charge < -0.3 is 10.5 Å². The molecule has 0 spiro atoms. The Labute approximate surface area is 135 Å². The lowest BCUT2D eigenvalue weighted by molar-refractivity contribution is 0.0356. The first kappa shape index (κ1) is 16.4. The summed E-state index contributed by atoms with van der Waals surface area (Å²) in [6.07, 6.45) is 1.64. The molecule has 5 heteroatoms. The molecule has 2 unspecified atom stereocenters. The Balaban J connectivity index is 2.00. The Morgan fingerprint density at radius 2 is 2.05 bits per heavy atom. The summed E-state index contributed by atoms with van der Waals surface area (Å²) in [6, 6.07) is 7.71. The van der Waals surface area contributed by atoms with Crippen molar-refractivity contribution in [3.8, 4) is 0 Å². The predicted molar refractivity (Wildman–Crippen MR) is 89.0 cm³/mol. The highest BCUT2D eigenvalue weighted by Crippen LogP contribution is 2.24. The van der Waals surface area contributed by atoms with Gasteiger partial charge in [-0.15, -0.1) is 11.3 Å². The summed E-state index contributed by atoms with van der Waals surface area (Å²) in [6.45, 7) is 4.74. The number of hydrogen-bond acceptors (Lipinski definition) is 4. The molecular weight excluding hydrogens is 304 g/mol. The molecule has 2 N–H and O–H groups in total. The standard InChI is InChI=1S/C16H21ClN2OS/c1-3-14(18)16(12-4-6-13(17)7-5-12)20-9-8-15-11(2)19-10-21-15/h4-7,10,14,16H,3,8-9,18H2,1-2H3. The van der Waals surface area contributed by atoms with Crippen LogP contribution in [0.1, 0.15) is 35.6 Å². The second-order valence-electron chi connectivity index (χ2n) is 5.03. The van der Waals surface area contributed by atoms with Gasteiger partial charge in [0, 0.05) is 22.4 Å². The number of ether oxygens (including phenoxy) is 1. The highest BCUT2D eigenvalue weighted by Gasteiger charge is 2.19. The molecule has 0 saturated carbocycles. The third kappa shape index (κ3) is 4.51. The van der Waals surface area contributed by atoms with Gasteiger partial charge in [-0.3, -0.25) is 0 Å². The number of aryl methyl sites for hydroxylation is 1. The molecule has 0 amide bonds. The van der Waals surface area contributed by atoms with Gasteiger partial charge >= 0.3 is 0 Å². The number of aromatic nitrogens is 1. The minimum Gasteiger partial charge on any atom is -0.372 e. The fourth-order valence-corrected chi connectivity index (χ4v) is 3.07. The number of rotatable bonds is 7. The van der Waals surface area contributed by atoms with Crippen LogP contribution in [0.15, 0.2) is 29.8 Å². The van der Waals surface area contributed by atoms with Crippen LogP contribution < -0.4 is 5.73 Å². The van der Waals surface area contributed by atoms with E-state index >= 15 is 0 Å². The van der Waals surface area contributed by atoms with E-state index in [0.29, 0.717) is 6.61 Å². The Morgan fingerprint density at radius 1 is 1.33 bits per heavy atom. The summed E-state index contributed by atoms with van der Waals surface area (Å²) in [4.78, 5) is 5.53. The van der Waals surface area contributed by atoms with Crippen molar-refractivity contribution in [3.05, 3.63) is 50.9 Å². The molecule has 1 aromatic carbocycles. The average Bonchev–Trinajstić information content (AvgIpc) is 2.89. The molecule has 2 rings (SSSR count). The first-order chi connectivity index (χ1) is 10.1. The zero-order valence-corrected chi connectivity index (χ0v) is 14.0. The van der Waals surface area contributed by atoms with Crippen LogP contribution in [0.3, 0.4) is 0 Å². The van der Waals surface area contributed by atoms with Crippen molar-refractivity contribution < 1.29 is 4.74 Å². The van der Waals surface area contributed by atoms with Crippen molar-refractivity contribution >= 4 is 22.9 Å². The molecule has 0 saturated heterocycles. The van der Waals surface area contributed by atoms with Gasteiger partial charge in [-0.25, -0.2) is 4.98 Å². The minimum atomic E-state index is -0.0968. The van der Waals surface area contributed by atoms with Gasteiger partial charge in [-0.05, 0) is 31.0 Å². The Morgan fingerprint density at radius 3 is 2.62 bits per heavy atom. The molecule has 0 fully saturated rings. The van der Waals surface area contributed by atoms with Crippen LogP contribution in [0.2, 0.25) is 5.02 Å². The molecule has 3 nitrogen and oxygen atoms in total. The lowest BCUT2D eigenvalue weighted by Gasteiger charge is -2.24. The summed E-state index contributed by atoms with van der Waals surface area (Å²) in [5, 5.41) is 0.725. The van der Waals surface area contributed by atoms with Crippen molar-refractivity contribution in [1.29, 1.82) is 0 Å². The van der Waals surface area contributed by atoms with E-state index < -0.39 is 0 Å². The van der Waals surface area contributed by atoms with Gasteiger partial charge in [0.2, 0.25) is 0 Å². The van der Waals surface area contributed by atoms with Gasteiger partial charge in [-0.1, -0.05) is 30.7 Å². The first-order valence-corrected chi connectivity index (χ1v) is 8.39. The zero-order chi connectivity index (χ0) is 15.2. The molecule has 1 aromatic heterocycles. The van der Waals surface area contributed by atoms with E-state index in [4.69, 9.17) is 22.1 Å². The molecule has 0 aliphatic carbocycles. The van der Waals surface area contributed by atoms with Crippen LogP contribution in [0, 0.1) is 6.92 Å². The maximum absolute atomic E-state index is 6.21. The molecule has 0 bridgehead atoms. The molecule has 2 aromatic rings. The number of benzene rings is 1. The lowest BCUT2D eigenvalue weighted by atomic mass is 10.0. The monoisotopic (exact) mass is 324 g/mol. The van der Waals surface area contributed by atoms with Crippen molar-refractivity contribution in [1.82, 2.24) is 4.98 Å². The zero-order valence-electron chi connectivity index (χ0n) is 12.4. The maximum Gasteiger partial charge on any atom is 0.0975 e. The van der Waals surface area contributed by atoms with Crippen molar-refractivity contribution in [2.45, 2.75) is 38.8 Å². The smallest absolute Gasteiger partial charge is 0.0975 e. The van der Waals surface area contributed by atoms with E-state index in [1.54, 1.807) is 11.3 Å². The van der Waals surface area contributed by atoms with Gasteiger partial charge in [-0.2, -0.15) is 0 Å². The van der Waals surface area contributed by atoms with E-state index in [2.05, 4.69) is 11.9 Å². The molecule has 0 radical (unpaired) electrons. The van der Waals surface area contributed by atoms with Crippen LogP contribution in [0.4, 0.5) is 0 Å². The number of nitrogens with two attached hydrogens (primary N) is 1. The van der Waals surface area contributed by atoms with E-state index in [1.165, 1.54) is 4.88 Å². The van der Waals surface area contributed by atoms with Crippen LogP contribution in [-0.2, 0) is 11.2 Å². The normalized spacial score (nSPS) is 14.1. The molecule has 2 atom stereocenters. The quantitative estimate of drug-likeness (QED) is 0.832. The summed E-state index contributed by atoms with van der Waals surface area (Å²) >= 11 is 7.61. The highest BCUT2D eigenvalue weighted by molar-refractivity contribution is 7.09. The predicted octanol–water partition coefficient (Wildman–Crippen LogP) is 4.14. The van der Waals surface area contributed by atoms with Crippen molar-refractivity contribution in [2.75, 3.05) is 6.61 Å². The number of hydrogen-bond donors (Lipinski definition) is 1. The Kier molecular flexibility index (Phi) is 6.18. The van der Waals surface area contributed by atoms with Crippen molar-refractivity contribution in [3.63, 3.8) is 0 Å². The minimum absolute atomic E-state index is 0.0197. The third-order valence-corrected chi connectivity index (χ3v) is 4.78. The van der Waals surface area contributed by atoms with E-state index in [9.17, 15) is 0 Å². The molecule has 114 valence electrons. The molecule has 21 heavy (non-hydrogen) atoms. The fourth-order valence-electron chi connectivity index (χ4n) is 2.18. The Bertz CT molecular complexity index is 556. The van der Waals surface area contributed by atoms with Gasteiger partial charge in [0.25, 0.3) is 0 Å². The summed E-state index contributed by atoms with van der Waals surface area (Å²) in [5.41, 5.74) is 10.3. The number of halogens is 1. The van der Waals surface area contributed by atoms with E-state index in [-0.39, 0.29) is 12.1 Å². The highest BCUT2D eigenvalue weighted by atomic mass is 35.5. The van der Waals surface area contributed by atoms with Crippen LogP contribution in [0.5, 0.6) is 0 Å². The second-order valence-corrected chi connectivity index (χ2v) is 6.40. The van der Waals surface area contributed by atoms with Gasteiger partial charge in [0.05, 0.1) is 23.9 Å². The van der Waals surface area contributed by atoms with Gasteiger partial charge in [0.15, 0.2) is 0 Å². The molecule has 0 aliphatic rings. The van der Waals surface area contributed by atoms with Crippen molar-refractivity contribution in [2.24, 2.45) is 5.73 Å². The van der Waals surface area contributed by atoms with Gasteiger partial charge in [0.1, 0.15) is 0 Å². The largest absolute Gasteiger partial charge is 0.372 e. The summed E-state index contributed by atoms with van der Waals surface area (Å²) < 4.78 is 6.06. The van der Waals surface area contributed by atoms with E-state index in [0.717, 1.165) is 29.1 Å². The van der Waals surface area contributed by atoms with Crippen LogP contribution >= 0.6 is 22.9 Å². The number of nitrogens with zero attached hydrogens (tertiary/aromatic N) is 1. The summed E-state index contributed by atoms with van der Waals surface area (Å²) in [5.74, 6) is 0. The van der Waals surface area contributed by atoms with Crippen LogP contribution in [0.25, 0.3) is 0 Å². The summed E-state index contributed by atoms with van der Waals surface area (Å²) in [7, 11) is 0. The third-order valence-electron chi connectivity index (χ3n) is 3.53. The lowest BCUT2D eigenvalue weighted by Crippen LogP contribution is -2.30. The second kappa shape index (κ2) is 7.90. The number of thiazole rings is 1. The molecule has 1 heterocycles. The molecular formula is C16H21ClN2OS. The average molecular weight is 325 g/mol. The topological polar surface area (TPSA) is 48.1 Å². The SMILES string of the molecule is CCC(N)C(OCCc1scnc1C)c1ccc(Cl)cc1. The van der Waals surface area contributed by atoms with Crippen LogP contribution in [-0.4, -0.2) is 17.6 Å². The van der Waals surface area contributed by atoms with E-state index in [1.807, 2.05) is 36.7 Å². The maximum atomic E-state index is 6.21. The fraction of sp³-hybridized carbons (Fsp3) is 0.438. The Hall–Kier alpha value is -0.940. The first-order valence-electron chi connectivity index (χ1n) is 7.13.